The maximum absolute atomic E-state index is 15.3. The van der Waals surface area contributed by atoms with Crippen molar-refractivity contribution in [3.8, 4) is 5.69 Å². The molecule has 0 radical (unpaired) electrons. The van der Waals surface area contributed by atoms with Crippen LogP contribution in [-0.4, -0.2) is 41.3 Å². The molecule has 142 valence electrons. The Morgan fingerprint density at radius 2 is 1.93 bits per heavy atom. The number of benzene rings is 1. The second-order valence-electron chi connectivity index (χ2n) is 6.21. The molecule has 0 amide bonds. The van der Waals surface area contributed by atoms with Crippen LogP contribution in [0.1, 0.15) is 36.5 Å². The Morgan fingerprint density at radius 3 is 2.48 bits per heavy atom. The van der Waals surface area contributed by atoms with Gasteiger partial charge in [0.15, 0.2) is 33.0 Å². The van der Waals surface area contributed by atoms with Crippen LogP contribution in [0, 0.1) is 11.7 Å². The minimum absolute atomic E-state index is 0.0814. The highest BCUT2D eigenvalue weighted by atomic mass is 32.2. The van der Waals surface area contributed by atoms with Gasteiger partial charge in [0.25, 0.3) is 0 Å². The van der Waals surface area contributed by atoms with Gasteiger partial charge in [-0.1, -0.05) is 6.92 Å². The molecule has 0 bridgehead atoms. The first-order valence-corrected chi connectivity index (χ1v) is 10.1. The van der Waals surface area contributed by atoms with Gasteiger partial charge in [-0.2, -0.15) is 5.10 Å². The number of Topliss-reactive ketones (excluding diaryl/α,β-unsaturated/α-hetero) is 3. The molecule has 0 N–H and O–H groups in total. The van der Waals surface area contributed by atoms with Crippen molar-refractivity contribution in [2.24, 2.45) is 5.92 Å². The third kappa shape index (κ3) is 3.34. The Bertz CT molecular complexity index is 1010. The van der Waals surface area contributed by atoms with Gasteiger partial charge >= 0.3 is 0 Å². The van der Waals surface area contributed by atoms with Crippen LogP contribution in [0.25, 0.3) is 5.69 Å². The van der Waals surface area contributed by atoms with E-state index in [0.717, 1.165) is 16.8 Å². The molecule has 1 aromatic heterocycles. The molecule has 3 rings (SSSR count). The van der Waals surface area contributed by atoms with E-state index in [0.29, 0.717) is 6.42 Å². The topological polar surface area (TPSA) is 103 Å². The summed E-state index contributed by atoms with van der Waals surface area (Å²) < 4.78 is 41.0. The SMILES string of the molecule is CCS(=O)(=O)c1ccc(C(=O)C2C(=O)CCCC2=O)c(F)c1-n1cccn1. The fraction of sp³-hybridized carbons (Fsp3) is 0.333. The monoisotopic (exact) mass is 392 g/mol. The normalized spacial score (nSPS) is 15.9. The van der Waals surface area contributed by atoms with E-state index in [4.69, 9.17) is 0 Å². The third-order valence-corrected chi connectivity index (χ3v) is 6.31. The lowest BCUT2D eigenvalue weighted by molar-refractivity contribution is -0.133. The highest BCUT2D eigenvalue weighted by Crippen LogP contribution is 2.29. The summed E-state index contributed by atoms with van der Waals surface area (Å²) in [7, 11) is -3.81. The fourth-order valence-electron chi connectivity index (χ4n) is 3.11. The van der Waals surface area contributed by atoms with Crippen molar-refractivity contribution in [1.82, 2.24) is 9.78 Å². The van der Waals surface area contributed by atoms with E-state index >= 15 is 4.39 Å². The van der Waals surface area contributed by atoms with Gasteiger partial charge in [0.2, 0.25) is 0 Å². The summed E-state index contributed by atoms with van der Waals surface area (Å²) in [5.41, 5.74) is -0.896. The van der Waals surface area contributed by atoms with Gasteiger partial charge in [0, 0.05) is 25.2 Å². The van der Waals surface area contributed by atoms with Crippen molar-refractivity contribution in [2.75, 3.05) is 5.75 Å². The largest absolute Gasteiger partial charge is 0.298 e. The van der Waals surface area contributed by atoms with E-state index in [9.17, 15) is 22.8 Å². The van der Waals surface area contributed by atoms with Gasteiger partial charge in [-0.15, -0.1) is 0 Å². The van der Waals surface area contributed by atoms with Gasteiger partial charge in [0.1, 0.15) is 11.6 Å². The van der Waals surface area contributed by atoms with Gasteiger partial charge in [-0.3, -0.25) is 14.4 Å². The summed E-state index contributed by atoms with van der Waals surface area (Å²) >= 11 is 0. The molecule has 1 saturated carbocycles. The number of carbonyl (C=O) groups is 3. The molecule has 7 nitrogen and oxygen atoms in total. The number of carbonyl (C=O) groups excluding carboxylic acids is 3. The number of hydrogen-bond donors (Lipinski definition) is 0. The number of nitrogens with zero attached hydrogens (tertiary/aromatic N) is 2. The van der Waals surface area contributed by atoms with Crippen molar-refractivity contribution in [3.05, 3.63) is 42.0 Å². The predicted molar refractivity (Wildman–Crippen MR) is 92.9 cm³/mol. The van der Waals surface area contributed by atoms with E-state index in [2.05, 4.69) is 5.10 Å². The van der Waals surface area contributed by atoms with Crippen LogP contribution in [0.4, 0.5) is 4.39 Å². The minimum atomic E-state index is -3.81. The molecule has 1 aromatic carbocycles. The molecule has 0 aliphatic heterocycles. The number of sulfone groups is 1. The molecule has 1 heterocycles. The van der Waals surface area contributed by atoms with E-state index < -0.39 is 50.2 Å². The second kappa shape index (κ2) is 7.15. The molecule has 1 aliphatic rings. The van der Waals surface area contributed by atoms with Crippen molar-refractivity contribution in [2.45, 2.75) is 31.1 Å². The van der Waals surface area contributed by atoms with E-state index in [1.807, 2.05) is 0 Å². The molecule has 9 heteroatoms. The van der Waals surface area contributed by atoms with Crippen molar-refractivity contribution >= 4 is 27.2 Å². The quantitative estimate of drug-likeness (QED) is 0.569. The number of halogens is 1. The molecule has 0 unspecified atom stereocenters. The highest BCUT2D eigenvalue weighted by Gasteiger charge is 2.38. The maximum atomic E-state index is 15.3. The van der Waals surface area contributed by atoms with Crippen LogP contribution < -0.4 is 0 Å². The third-order valence-electron chi connectivity index (χ3n) is 4.55. The average molecular weight is 392 g/mol. The second-order valence-corrected chi connectivity index (χ2v) is 8.46. The molecule has 1 aliphatic carbocycles. The van der Waals surface area contributed by atoms with Crippen molar-refractivity contribution in [3.63, 3.8) is 0 Å². The van der Waals surface area contributed by atoms with Crippen molar-refractivity contribution in [1.29, 1.82) is 0 Å². The molecule has 0 spiro atoms. The average Bonchev–Trinajstić information content (AvgIpc) is 3.15. The summed E-state index contributed by atoms with van der Waals surface area (Å²) in [6, 6.07) is 3.61. The Labute approximate surface area is 155 Å². The maximum Gasteiger partial charge on any atom is 0.183 e. The zero-order valence-corrected chi connectivity index (χ0v) is 15.3. The smallest absolute Gasteiger partial charge is 0.183 e. The van der Waals surface area contributed by atoms with Crippen LogP contribution in [-0.2, 0) is 19.4 Å². The molecular formula is C18H17FN2O5S. The molecule has 2 aromatic rings. The Morgan fingerprint density at radius 1 is 1.26 bits per heavy atom. The summed E-state index contributed by atoms with van der Waals surface area (Å²) in [6.45, 7) is 1.42. The van der Waals surface area contributed by atoms with Gasteiger partial charge in [-0.25, -0.2) is 17.5 Å². The minimum Gasteiger partial charge on any atom is -0.298 e. The van der Waals surface area contributed by atoms with E-state index in [1.54, 1.807) is 0 Å². The zero-order valence-electron chi connectivity index (χ0n) is 14.5. The predicted octanol–water partition coefficient (Wildman–Crippen LogP) is 1.93. The molecule has 27 heavy (non-hydrogen) atoms. The lowest BCUT2D eigenvalue weighted by atomic mass is 9.81. The summed E-state index contributed by atoms with van der Waals surface area (Å²) in [6.07, 6.45) is 3.22. The first-order valence-electron chi connectivity index (χ1n) is 8.43. The highest BCUT2D eigenvalue weighted by molar-refractivity contribution is 7.91. The van der Waals surface area contributed by atoms with Crippen LogP contribution in [0.3, 0.4) is 0 Å². The molecule has 1 fully saturated rings. The number of aromatic nitrogens is 2. The lowest BCUT2D eigenvalue weighted by Gasteiger charge is -2.19. The van der Waals surface area contributed by atoms with Gasteiger partial charge < -0.3 is 0 Å². The number of ketones is 3. The van der Waals surface area contributed by atoms with Crippen LogP contribution >= 0.6 is 0 Å². The zero-order chi connectivity index (χ0) is 19.8. The number of rotatable bonds is 5. The molecule has 0 atom stereocenters. The lowest BCUT2D eigenvalue weighted by Crippen LogP contribution is -2.35. The number of hydrogen-bond acceptors (Lipinski definition) is 6. The summed E-state index contributed by atoms with van der Waals surface area (Å²) in [5.74, 6) is -4.95. The van der Waals surface area contributed by atoms with Crippen LogP contribution in [0.2, 0.25) is 0 Å². The van der Waals surface area contributed by atoms with Gasteiger partial charge in [-0.05, 0) is 24.6 Å². The molecular weight excluding hydrogens is 375 g/mol. The Hall–Kier alpha value is -2.68. The standard InChI is InChI=1S/C18H17FN2O5S/c1-2-27(25,26)14-8-7-11(16(19)17(14)21-10-4-9-20-21)18(24)15-12(22)5-3-6-13(15)23/h4,7-10,15H,2-3,5-6H2,1H3. The summed E-state index contributed by atoms with van der Waals surface area (Å²) in [4.78, 5) is 36.5. The molecule has 0 saturated heterocycles. The summed E-state index contributed by atoms with van der Waals surface area (Å²) in [5, 5.41) is 3.87. The Kier molecular flexibility index (Phi) is 5.05. The van der Waals surface area contributed by atoms with E-state index in [-0.39, 0.29) is 23.5 Å². The first kappa shape index (κ1) is 19.1. The van der Waals surface area contributed by atoms with Crippen LogP contribution in [0.15, 0.2) is 35.5 Å². The van der Waals surface area contributed by atoms with Crippen LogP contribution in [0.5, 0.6) is 0 Å². The Balaban J connectivity index is 2.19. The van der Waals surface area contributed by atoms with Crippen molar-refractivity contribution < 1.29 is 27.2 Å². The van der Waals surface area contributed by atoms with E-state index in [1.165, 1.54) is 25.4 Å². The fourth-order valence-corrected chi connectivity index (χ4v) is 4.18. The van der Waals surface area contributed by atoms with Gasteiger partial charge in [0.05, 0.1) is 16.2 Å². The first-order chi connectivity index (χ1) is 12.8.